The number of carbonyl (C=O) groups excluding carboxylic acids is 1. The Morgan fingerprint density at radius 2 is 1.89 bits per heavy atom. The van der Waals surface area contributed by atoms with Gasteiger partial charge < -0.3 is 14.6 Å². The molecule has 2 atom stereocenters. The smallest absolute Gasteiger partial charge is 0.410 e. The van der Waals surface area contributed by atoms with Crippen molar-refractivity contribution < 1.29 is 9.53 Å². The normalized spacial score (nSPS) is 22.9. The van der Waals surface area contributed by atoms with Gasteiger partial charge in [0.15, 0.2) is 0 Å². The number of nitrogens with zero attached hydrogens (tertiary/aromatic N) is 2. The monoisotopic (exact) mass is 381 g/mol. The van der Waals surface area contributed by atoms with Crippen LogP contribution in [0.2, 0.25) is 0 Å². The number of likely N-dealkylation sites (tertiary alicyclic amines) is 1. The van der Waals surface area contributed by atoms with E-state index in [0.29, 0.717) is 0 Å². The molecule has 150 valence electrons. The van der Waals surface area contributed by atoms with Crippen LogP contribution in [-0.4, -0.2) is 39.1 Å². The molecule has 2 aromatic rings. The first kappa shape index (κ1) is 19.0. The van der Waals surface area contributed by atoms with Crippen molar-refractivity contribution in [3.8, 4) is 11.3 Å². The van der Waals surface area contributed by atoms with Crippen molar-refractivity contribution in [3.05, 3.63) is 41.9 Å². The minimum atomic E-state index is -0.478. The van der Waals surface area contributed by atoms with Gasteiger partial charge in [-0.1, -0.05) is 24.3 Å². The number of aromatic nitrogens is 2. The van der Waals surface area contributed by atoms with Crippen molar-refractivity contribution >= 4 is 6.09 Å². The number of H-pyrrole nitrogens is 1. The highest BCUT2D eigenvalue weighted by molar-refractivity contribution is 5.69. The van der Waals surface area contributed by atoms with E-state index in [2.05, 4.69) is 41.2 Å². The number of aromatic amines is 1. The van der Waals surface area contributed by atoms with Gasteiger partial charge in [-0.25, -0.2) is 9.78 Å². The molecule has 1 saturated carbocycles. The maximum Gasteiger partial charge on any atom is 0.410 e. The third-order valence-electron chi connectivity index (χ3n) is 5.83. The Kier molecular flexibility index (Phi) is 4.94. The fraction of sp³-hybridized carbons (Fsp3) is 0.565. The number of ether oxygens (including phenoxy) is 1. The zero-order valence-electron chi connectivity index (χ0n) is 17.4. The number of piperidine rings is 1. The van der Waals surface area contributed by atoms with Crippen LogP contribution in [-0.2, 0) is 4.74 Å². The molecule has 28 heavy (non-hydrogen) atoms. The van der Waals surface area contributed by atoms with Crippen LogP contribution in [0.5, 0.6) is 0 Å². The molecule has 1 aliphatic carbocycles. The summed E-state index contributed by atoms with van der Waals surface area (Å²) in [6.45, 7) is 8.56. The number of nitrogens with one attached hydrogen (secondary N) is 1. The van der Waals surface area contributed by atoms with Crippen molar-refractivity contribution in [2.24, 2.45) is 0 Å². The third kappa shape index (κ3) is 4.08. The summed E-state index contributed by atoms with van der Waals surface area (Å²) in [6.07, 6.45) is 6.31. The molecule has 1 aromatic heterocycles. The van der Waals surface area contributed by atoms with Crippen LogP contribution >= 0.6 is 0 Å². The van der Waals surface area contributed by atoms with E-state index in [0.717, 1.165) is 42.4 Å². The lowest BCUT2D eigenvalue weighted by atomic mass is 9.90. The molecule has 2 heterocycles. The first-order chi connectivity index (χ1) is 13.3. The highest BCUT2D eigenvalue weighted by Crippen LogP contribution is 2.40. The molecule has 4 rings (SSSR count). The molecule has 0 bridgehead atoms. The minimum absolute atomic E-state index is 0.0554. The first-order valence-corrected chi connectivity index (χ1v) is 10.5. The van der Waals surface area contributed by atoms with E-state index < -0.39 is 5.60 Å². The molecule has 0 spiro atoms. The molecule has 1 amide bonds. The van der Waals surface area contributed by atoms with Gasteiger partial charge in [0, 0.05) is 18.5 Å². The standard InChI is InChI=1S/C23H31N3O2/c1-15-19(6-5-13-26(15)22(27)28-23(2,3)4)21-24-14-20(25-21)18-11-9-17(10-12-18)16-7-8-16/h9-12,14-16,19H,5-8,13H2,1-4H3,(H,24,25)/t15-,19-/m1/s1. The second kappa shape index (κ2) is 7.26. The first-order valence-electron chi connectivity index (χ1n) is 10.5. The number of benzene rings is 1. The number of carbonyl (C=O) groups is 1. The molecular formula is C23H31N3O2. The fourth-order valence-electron chi connectivity index (χ4n) is 4.11. The zero-order chi connectivity index (χ0) is 19.9. The average molecular weight is 382 g/mol. The number of amides is 1. The van der Waals surface area contributed by atoms with Crippen LogP contribution in [0.4, 0.5) is 4.79 Å². The molecule has 2 fully saturated rings. The van der Waals surface area contributed by atoms with Gasteiger partial charge in [0.25, 0.3) is 0 Å². The van der Waals surface area contributed by atoms with Gasteiger partial charge in [0.1, 0.15) is 11.4 Å². The SMILES string of the molecule is C[C@@H]1[C@H](c2ncc(-c3ccc(C4CC4)cc3)[nH]2)CCCN1C(=O)OC(C)(C)C. The number of rotatable bonds is 3. The summed E-state index contributed by atoms with van der Waals surface area (Å²) in [5, 5.41) is 0. The molecule has 2 aliphatic rings. The second-order valence-corrected chi connectivity index (χ2v) is 9.24. The van der Waals surface area contributed by atoms with Gasteiger partial charge in [-0.05, 0) is 70.4 Å². The topological polar surface area (TPSA) is 58.2 Å². The summed E-state index contributed by atoms with van der Waals surface area (Å²) < 4.78 is 5.60. The summed E-state index contributed by atoms with van der Waals surface area (Å²) in [5.74, 6) is 1.93. The van der Waals surface area contributed by atoms with Crippen molar-refractivity contribution in [3.63, 3.8) is 0 Å². The molecule has 1 N–H and O–H groups in total. The predicted octanol–water partition coefficient (Wildman–Crippen LogP) is 5.46. The van der Waals surface area contributed by atoms with Crippen LogP contribution in [0, 0.1) is 0 Å². The fourth-order valence-corrected chi connectivity index (χ4v) is 4.11. The van der Waals surface area contributed by atoms with Crippen LogP contribution in [0.15, 0.2) is 30.5 Å². The maximum absolute atomic E-state index is 12.6. The number of hydrogen-bond acceptors (Lipinski definition) is 3. The second-order valence-electron chi connectivity index (χ2n) is 9.24. The van der Waals surface area contributed by atoms with Crippen molar-refractivity contribution in [2.45, 2.75) is 76.9 Å². The summed E-state index contributed by atoms with van der Waals surface area (Å²) in [4.78, 5) is 22.6. The Morgan fingerprint density at radius 3 is 2.54 bits per heavy atom. The average Bonchev–Trinajstić information content (AvgIpc) is 3.38. The number of imidazole rings is 1. The molecule has 1 aliphatic heterocycles. The maximum atomic E-state index is 12.6. The van der Waals surface area contributed by atoms with Crippen molar-refractivity contribution in [2.75, 3.05) is 6.54 Å². The van der Waals surface area contributed by atoms with Gasteiger partial charge in [-0.2, -0.15) is 0 Å². The quantitative estimate of drug-likeness (QED) is 0.768. The van der Waals surface area contributed by atoms with Gasteiger partial charge >= 0.3 is 6.09 Å². The van der Waals surface area contributed by atoms with E-state index >= 15 is 0 Å². The molecule has 5 nitrogen and oxygen atoms in total. The van der Waals surface area contributed by atoms with E-state index in [4.69, 9.17) is 4.74 Å². The van der Waals surface area contributed by atoms with E-state index in [1.165, 1.54) is 18.4 Å². The lowest BCUT2D eigenvalue weighted by Gasteiger charge is -2.39. The lowest BCUT2D eigenvalue weighted by molar-refractivity contribution is 0.00855. The zero-order valence-corrected chi connectivity index (χ0v) is 17.4. The van der Waals surface area contributed by atoms with Gasteiger partial charge in [0.05, 0.1) is 11.9 Å². The summed E-state index contributed by atoms with van der Waals surface area (Å²) in [5.41, 5.74) is 3.17. The molecule has 0 radical (unpaired) electrons. The predicted molar refractivity (Wildman–Crippen MR) is 110 cm³/mol. The summed E-state index contributed by atoms with van der Waals surface area (Å²) >= 11 is 0. The van der Waals surface area contributed by atoms with Crippen molar-refractivity contribution in [1.29, 1.82) is 0 Å². The van der Waals surface area contributed by atoms with E-state index in [-0.39, 0.29) is 18.1 Å². The lowest BCUT2D eigenvalue weighted by Crippen LogP contribution is -2.48. The Balaban J connectivity index is 1.48. The Morgan fingerprint density at radius 1 is 1.18 bits per heavy atom. The van der Waals surface area contributed by atoms with E-state index in [1.807, 2.05) is 31.9 Å². The molecule has 1 saturated heterocycles. The van der Waals surface area contributed by atoms with Crippen LogP contribution in [0.1, 0.15) is 76.6 Å². The summed E-state index contributed by atoms with van der Waals surface area (Å²) in [7, 11) is 0. The minimum Gasteiger partial charge on any atom is -0.444 e. The van der Waals surface area contributed by atoms with E-state index in [9.17, 15) is 4.79 Å². The summed E-state index contributed by atoms with van der Waals surface area (Å²) in [6, 6.07) is 8.90. The van der Waals surface area contributed by atoms with Gasteiger partial charge in [0.2, 0.25) is 0 Å². The largest absolute Gasteiger partial charge is 0.444 e. The Hall–Kier alpha value is -2.30. The molecule has 0 unspecified atom stereocenters. The molecular weight excluding hydrogens is 350 g/mol. The molecule has 1 aromatic carbocycles. The van der Waals surface area contributed by atoms with E-state index in [1.54, 1.807) is 0 Å². The Bertz CT molecular complexity index is 830. The van der Waals surface area contributed by atoms with Crippen LogP contribution < -0.4 is 0 Å². The Labute approximate surface area is 167 Å². The number of hydrogen-bond donors (Lipinski definition) is 1. The highest BCUT2D eigenvalue weighted by Gasteiger charge is 2.35. The van der Waals surface area contributed by atoms with Crippen molar-refractivity contribution in [1.82, 2.24) is 14.9 Å². The van der Waals surface area contributed by atoms with Gasteiger partial charge in [-0.15, -0.1) is 0 Å². The van der Waals surface area contributed by atoms with Crippen LogP contribution in [0.3, 0.4) is 0 Å². The highest BCUT2D eigenvalue weighted by atomic mass is 16.6. The van der Waals surface area contributed by atoms with Crippen LogP contribution in [0.25, 0.3) is 11.3 Å². The van der Waals surface area contributed by atoms with Gasteiger partial charge in [-0.3, -0.25) is 0 Å². The third-order valence-corrected chi connectivity index (χ3v) is 5.83. The molecule has 5 heteroatoms.